The van der Waals surface area contributed by atoms with E-state index in [1.807, 2.05) is 0 Å². The SMILES string of the molecule is COc1nc(N2CCN(C(=O)OC(C)(C)C)C[C@H]2C(=O)O)c(Br)cc1C(F)(F)F. The van der Waals surface area contributed by atoms with Gasteiger partial charge in [-0.2, -0.15) is 18.2 Å². The van der Waals surface area contributed by atoms with E-state index in [4.69, 9.17) is 9.47 Å². The van der Waals surface area contributed by atoms with Gasteiger partial charge in [0.2, 0.25) is 5.88 Å². The van der Waals surface area contributed by atoms with Crippen molar-refractivity contribution in [1.29, 1.82) is 0 Å². The third-order valence-corrected chi connectivity index (χ3v) is 4.59. The molecule has 29 heavy (non-hydrogen) atoms. The molecular weight excluding hydrogens is 463 g/mol. The van der Waals surface area contributed by atoms with Gasteiger partial charge in [0, 0.05) is 13.1 Å². The number of aliphatic carboxylic acids is 1. The molecule has 0 bridgehead atoms. The van der Waals surface area contributed by atoms with Crippen molar-refractivity contribution in [2.24, 2.45) is 0 Å². The van der Waals surface area contributed by atoms with Gasteiger partial charge in [0.1, 0.15) is 23.0 Å². The summed E-state index contributed by atoms with van der Waals surface area (Å²) in [6, 6.07) is -0.443. The van der Waals surface area contributed by atoms with E-state index < -0.39 is 41.3 Å². The van der Waals surface area contributed by atoms with Crippen LogP contribution in [0.3, 0.4) is 0 Å². The summed E-state index contributed by atoms with van der Waals surface area (Å²) in [5, 5.41) is 9.63. The number of methoxy groups -OCH3 is 1. The fourth-order valence-electron chi connectivity index (χ4n) is 2.76. The molecule has 1 aliphatic rings. The number of alkyl halides is 3. The van der Waals surface area contributed by atoms with Gasteiger partial charge in [-0.1, -0.05) is 0 Å². The molecule has 1 saturated heterocycles. The summed E-state index contributed by atoms with van der Waals surface area (Å²) in [5.74, 6) is -1.95. The van der Waals surface area contributed by atoms with Crippen LogP contribution in [-0.2, 0) is 15.7 Å². The number of carbonyl (C=O) groups excluding carboxylic acids is 1. The first-order valence-electron chi connectivity index (χ1n) is 8.53. The summed E-state index contributed by atoms with van der Waals surface area (Å²) in [6.07, 6.45) is -5.36. The average molecular weight is 484 g/mol. The number of carboxylic acids is 1. The van der Waals surface area contributed by atoms with Crippen molar-refractivity contribution in [2.45, 2.75) is 38.6 Å². The molecule has 162 valence electrons. The van der Waals surface area contributed by atoms with Gasteiger partial charge >= 0.3 is 18.2 Å². The molecule has 0 spiro atoms. The van der Waals surface area contributed by atoms with E-state index in [-0.39, 0.29) is 29.9 Å². The summed E-state index contributed by atoms with van der Waals surface area (Å²) in [4.78, 5) is 30.5. The lowest BCUT2D eigenvalue weighted by atomic mass is 10.1. The molecule has 8 nitrogen and oxygen atoms in total. The number of halogens is 4. The summed E-state index contributed by atoms with van der Waals surface area (Å²) >= 11 is 3.04. The van der Waals surface area contributed by atoms with Gasteiger partial charge in [-0.05, 0) is 42.8 Å². The molecule has 1 amide bonds. The number of pyridine rings is 1. The third-order valence-electron chi connectivity index (χ3n) is 4.01. The third kappa shape index (κ3) is 5.43. The first-order valence-corrected chi connectivity index (χ1v) is 9.33. The van der Waals surface area contributed by atoms with Crippen LogP contribution in [0.2, 0.25) is 0 Å². The molecule has 1 aromatic heterocycles. The van der Waals surface area contributed by atoms with E-state index in [0.717, 1.165) is 13.2 Å². The van der Waals surface area contributed by atoms with Crippen LogP contribution in [-0.4, -0.2) is 65.4 Å². The lowest BCUT2D eigenvalue weighted by Crippen LogP contribution is -2.58. The molecule has 12 heteroatoms. The summed E-state index contributed by atoms with van der Waals surface area (Å²) in [7, 11) is 1.05. The van der Waals surface area contributed by atoms with Crippen LogP contribution in [0.5, 0.6) is 5.88 Å². The van der Waals surface area contributed by atoms with Gasteiger partial charge in [-0.15, -0.1) is 0 Å². The number of ether oxygens (including phenoxy) is 2. The van der Waals surface area contributed by atoms with Crippen molar-refractivity contribution in [3.63, 3.8) is 0 Å². The number of rotatable bonds is 3. The predicted molar refractivity (Wildman–Crippen MR) is 100 cm³/mol. The number of anilines is 1. The molecule has 0 aliphatic carbocycles. The zero-order valence-corrected chi connectivity index (χ0v) is 17.8. The normalized spacial score (nSPS) is 17.9. The number of hydrogen-bond acceptors (Lipinski definition) is 6. The van der Waals surface area contributed by atoms with Crippen molar-refractivity contribution < 1.29 is 37.3 Å². The second-order valence-electron chi connectivity index (χ2n) is 7.32. The van der Waals surface area contributed by atoms with Crippen molar-refractivity contribution in [2.75, 3.05) is 31.6 Å². The topological polar surface area (TPSA) is 92.2 Å². The summed E-state index contributed by atoms with van der Waals surface area (Å²) < 4.78 is 49.5. The van der Waals surface area contributed by atoms with Crippen LogP contribution in [0.4, 0.5) is 23.8 Å². The maximum absolute atomic E-state index is 13.2. The quantitative estimate of drug-likeness (QED) is 0.704. The molecular formula is C17H21BrF3N3O5. The van der Waals surface area contributed by atoms with Crippen molar-refractivity contribution in [3.05, 3.63) is 16.1 Å². The molecule has 1 aromatic rings. The number of nitrogens with zero attached hydrogens (tertiary/aromatic N) is 3. The smallest absolute Gasteiger partial charge is 0.421 e. The van der Waals surface area contributed by atoms with E-state index in [0.29, 0.717) is 0 Å². The molecule has 0 unspecified atom stereocenters. The largest absolute Gasteiger partial charge is 0.481 e. The highest BCUT2D eigenvalue weighted by Gasteiger charge is 2.40. The van der Waals surface area contributed by atoms with Gasteiger partial charge in [0.05, 0.1) is 18.1 Å². The van der Waals surface area contributed by atoms with Gasteiger partial charge < -0.3 is 24.4 Å². The van der Waals surface area contributed by atoms with E-state index in [1.165, 1.54) is 9.80 Å². The highest BCUT2D eigenvalue weighted by Crippen LogP contribution is 2.40. The predicted octanol–water partition coefficient (Wildman–Crippen LogP) is 3.38. The Morgan fingerprint density at radius 2 is 1.90 bits per heavy atom. The Morgan fingerprint density at radius 1 is 1.28 bits per heavy atom. The molecule has 1 N–H and O–H groups in total. The second kappa shape index (κ2) is 8.25. The summed E-state index contributed by atoms with van der Waals surface area (Å²) in [6.45, 7) is 4.97. The standard InChI is InChI=1S/C17H21BrF3N3O5/c1-16(2,3)29-15(27)23-5-6-24(11(8-23)14(25)26)12-10(18)7-9(17(19,20)21)13(22-12)28-4/h7,11H,5-6,8H2,1-4H3,(H,25,26)/t11-/m0/s1. The van der Waals surface area contributed by atoms with E-state index >= 15 is 0 Å². The Labute approximate surface area is 173 Å². The van der Waals surface area contributed by atoms with Gasteiger partial charge in [-0.25, -0.2) is 9.59 Å². The number of hydrogen-bond donors (Lipinski definition) is 1. The first kappa shape index (κ1) is 23.0. The Morgan fingerprint density at radius 3 is 2.38 bits per heavy atom. The highest BCUT2D eigenvalue weighted by atomic mass is 79.9. The Hall–Kier alpha value is -2.24. The van der Waals surface area contributed by atoms with Crippen LogP contribution in [0.25, 0.3) is 0 Å². The van der Waals surface area contributed by atoms with Crippen LogP contribution >= 0.6 is 15.9 Å². The lowest BCUT2D eigenvalue weighted by Gasteiger charge is -2.40. The molecule has 1 fully saturated rings. The van der Waals surface area contributed by atoms with Gasteiger partial charge in [0.15, 0.2) is 0 Å². The maximum Gasteiger partial charge on any atom is 0.421 e. The molecule has 1 atom stereocenters. The summed E-state index contributed by atoms with van der Waals surface area (Å²) in [5.41, 5.74) is -1.84. The minimum absolute atomic E-state index is 0.0221. The first-order chi connectivity index (χ1) is 13.2. The molecule has 0 saturated carbocycles. The molecule has 1 aliphatic heterocycles. The van der Waals surface area contributed by atoms with E-state index in [2.05, 4.69) is 20.9 Å². The van der Waals surface area contributed by atoms with Gasteiger partial charge in [-0.3, -0.25) is 0 Å². The zero-order valence-electron chi connectivity index (χ0n) is 16.2. The molecule has 2 heterocycles. The van der Waals surface area contributed by atoms with Crippen LogP contribution in [0, 0.1) is 0 Å². The van der Waals surface area contributed by atoms with Crippen molar-refractivity contribution in [1.82, 2.24) is 9.88 Å². The van der Waals surface area contributed by atoms with Crippen LogP contribution in [0.15, 0.2) is 10.5 Å². The monoisotopic (exact) mass is 483 g/mol. The van der Waals surface area contributed by atoms with Crippen LogP contribution < -0.4 is 9.64 Å². The number of aromatic nitrogens is 1. The number of piperazine rings is 1. The van der Waals surface area contributed by atoms with E-state index in [9.17, 15) is 27.9 Å². The fourth-order valence-corrected chi connectivity index (χ4v) is 3.31. The molecule has 2 rings (SSSR count). The minimum Gasteiger partial charge on any atom is -0.481 e. The Kier molecular flexibility index (Phi) is 6.55. The minimum atomic E-state index is -4.69. The van der Waals surface area contributed by atoms with E-state index in [1.54, 1.807) is 20.8 Å². The zero-order chi connectivity index (χ0) is 22.1. The number of carboxylic acid groups (broad SMARTS) is 1. The lowest BCUT2D eigenvalue weighted by molar-refractivity contribution is -0.140. The Bertz CT molecular complexity index is 798. The van der Waals surface area contributed by atoms with Crippen LogP contribution in [0.1, 0.15) is 26.3 Å². The Balaban J connectivity index is 2.35. The maximum atomic E-state index is 13.2. The number of amides is 1. The molecule has 0 aromatic carbocycles. The fraction of sp³-hybridized carbons (Fsp3) is 0.588. The van der Waals surface area contributed by atoms with Crippen molar-refractivity contribution in [3.8, 4) is 5.88 Å². The second-order valence-corrected chi connectivity index (χ2v) is 8.18. The highest BCUT2D eigenvalue weighted by molar-refractivity contribution is 9.10. The average Bonchev–Trinajstić information content (AvgIpc) is 2.58. The number of carbonyl (C=O) groups is 2. The molecule has 0 radical (unpaired) electrons. The van der Waals surface area contributed by atoms with Gasteiger partial charge in [0.25, 0.3) is 0 Å². The van der Waals surface area contributed by atoms with Crippen molar-refractivity contribution >= 4 is 33.8 Å².